The quantitative estimate of drug-likeness (QED) is 0.631. The molecule has 1 aromatic rings. The van der Waals surface area contributed by atoms with Crippen LogP contribution in [0.3, 0.4) is 0 Å². The molecule has 0 aromatic heterocycles. The standard InChI is InChI=1S/C7H8N2O3S/c10-13(11)7-4-2-1-3-6(7)8-5-12-9-13/h1-4,8-9H,5H2. The normalized spacial score (nSPS) is 19.7. The van der Waals surface area contributed by atoms with Crippen LogP contribution in [0.2, 0.25) is 0 Å². The molecule has 2 rings (SSSR count). The average molecular weight is 200 g/mol. The summed E-state index contributed by atoms with van der Waals surface area (Å²) < 4.78 is 22.8. The van der Waals surface area contributed by atoms with Gasteiger partial charge in [-0.1, -0.05) is 17.0 Å². The summed E-state index contributed by atoms with van der Waals surface area (Å²) in [5.74, 6) is 0. The first-order valence-corrected chi connectivity index (χ1v) is 5.15. The van der Waals surface area contributed by atoms with Gasteiger partial charge < -0.3 is 5.32 Å². The third kappa shape index (κ3) is 1.51. The van der Waals surface area contributed by atoms with Gasteiger partial charge in [0.1, 0.15) is 11.6 Å². The second-order valence-electron chi connectivity index (χ2n) is 2.55. The van der Waals surface area contributed by atoms with Gasteiger partial charge in [0.05, 0.1) is 5.69 Å². The predicted molar refractivity (Wildman–Crippen MR) is 46.3 cm³/mol. The highest BCUT2D eigenvalue weighted by molar-refractivity contribution is 7.89. The van der Waals surface area contributed by atoms with Crippen LogP contribution in [0, 0.1) is 0 Å². The van der Waals surface area contributed by atoms with E-state index in [2.05, 4.69) is 10.2 Å². The van der Waals surface area contributed by atoms with Gasteiger partial charge in [0, 0.05) is 0 Å². The van der Waals surface area contributed by atoms with Crippen LogP contribution in [0.1, 0.15) is 0 Å². The Balaban J connectivity index is 2.62. The Kier molecular flexibility index (Phi) is 1.95. The molecule has 70 valence electrons. The van der Waals surface area contributed by atoms with Gasteiger partial charge in [-0.05, 0) is 12.1 Å². The molecule has 1 heterocycles. The van der Waals surface area contributed by atoms with E-state index in [1.807, 2.05) is 4.89 Å². The molecular weight excluding hydrogens is 192 g/mol. The minimum Gasteiger partial charge on any atom is -0.360 e. The van der Waals surface area contributed by atoms with Crippen LogP contribution in [0.15, 0.2) is 29.2 Å². The van der Waals surface area contributed by atoms with Crippen molar-refractivity contribution in [3.05, 3.63) is 24.3 Å². The van der Waals surface area contributed by atoms with E-state index in [1.165, 1.54) is 6.07 Å². The third-order valence-electron chi connectivity index (χ3n) is 1.68. The van der Waals surface area contributed by atoms with Crippen LogP contribution in [0.4, 0.5) is 5.69 Å². The largest absolute Gasteiger partial charge is 0.360 e. The Morgan fingerprint density at radius 2 is 2.08 bits per heavy atom. The molecule has 0 amide bonds. The van der Waals surface area contributed by atoms with Gasteiger partial charge in [-0.2, -0.15) is 0 Å². The van der Waals surface area contributed by atoms with Gasteiger partial charge in [0.2, 0.25) is 0 Å². The van der Waals surface area contributed by atoms with Crippen molar-refractivity contribution in [2.24, 2.45) is 0 Å². The maximum atomic E-state index is 11.4. The summed E-state index contributed by atoms with van der Waals surface area (Å²) in [6, 6.07) is 6.61. The van der Waals surface area contributed by atoms with Crippen molar-refractivity contribution in [2.45, 2.75) is 4.90 Å². The summed E-state index contributed by atoms with van der Waals surface area (Å²) in [5, 5.41) is 2.82. The fourth-order valence-corrected chi connectivity index (χ4v) is 2.10. The van der Waals surface area contributed by atoms with Crippen LogP contribution >= 0.6 is 0 Å². The highest BCUT2D eigenvalue weighted by Crippen LogP contribution is 2.21. The molecule has 0 fully saturated rings. The van der Waals surface area contributed by atoms with Crippen molar-refractivity contribution in [2.75, 3.05) is 12.0 Å². The fraction of sp³-hybridized carbons (Fsp3) is 0.143. The minimum atomic E-state index is -3.51. The number of rotatable bonds is 0. The molecule has 1 aliphatic rings. The molecule has 6 heteroatoms. The molecule has 0 saturated carbocycles. The van der Waals surface area contributed by atoms with Crippen molar-refractivity contribution < 1.29 is 13.3 Å². The molecule has 13 heavy (non-hydrogen) atoms. The number of para-hydroxylation sites is 1. The van der Waals surface area contributed by atoms with Crippen molar-refractivity contribution in [3.8, 4) is 0 Å². The molecular formula is C7H8N2O3S. The maximum Gasteiger partial charge on any atom is 0.264 e. The number of fused-ring (bicyclic) bond motifs is 1. The Hall–Kier alpha value is -1.11. The first kappa shape index (κ1) is 8.49. The zero-order valence-electron chi connectivity index (χ0n) is 6.65. The molecule has 0 bridgehead atoms. The van der Waals surface area contributed by atoms with Gasteiger partial charge in [-0.3, -0.25) is 4.84 Å². The van der Waals surface area contributed by atoms with E-state index in [-0.39, 0.29) is 11.6 Å². The highest BCUT2D eigenvalue weighted by Gasteiger charge is 2.20. The Morgan fingerprint density at radius 3 is 2.92 bits per heavy atom. The zero-order chi connectivity index (χ0) is 9.31. The molecule has 0 unspecified atom stereocenters. The van der Waals surface area contributed by atoms with E-state index in [1.54, 1.807) is 18.2 Å². The van der Waals surface area contributed by atoms with Crippen LogP contribution in [0.25, 0.3) is 0 Å². The van der Waals surface area contributed by atoms with E-state index >= 15 is 0 Å². The molecule has 0 aliphatic carbocycles. The van der Waals surface area contributed by atoms with E-state index < -0.39 is 10.0 Å². The van der Waals surface area contributed by atoms with Crippen molar-refractivity contribution in [1.82, 2.24) is 4.89 Å². The summed E-state index contributed by atoms with van der Waals surface area (Å²) in [4.78, 5) is 6.83. The van der Waals surface area contributed by atoms with Gasteiger partial charge >= 0.3 is 0 Å². The maximum absolute atomic E-state index is 11.4. The van der Waals surface area contributed by atoms with Gasteiger partial charge in [-0.15, -0.1) is 0 Å². The Morgan fingerprint density at radius 1 is 1.31 bits per heavy atom. The monoisotopic (exact) mass is 200 g/mol. The van der Waals surface area contributed by atoms with Gasteiger partial charge in [-0.25, -0.2) is 8.42 Å². The number of hydrogen-bond acceptors (Lipinski definition) is 4. The molecule has 0 saturated heterocycles. The fourth-order valence-electron chi connectivity index (χ4n) is 1.11. The van der Waals surface area contributed by atoms with Crippen molar-refractivity contribution in [3.63, 3.8) is 0 Å². The summed E-state index contributed by atoms with van der Waals surface area (Å²) in [7, 11) is -3.51. The van der Waals surface area contributed by atoms with Crippen LogP contribution in [0.5, 0.6) is 0 Å². The smallest absolute Gasteiger partial charge is 0.264 e. The van der Waals surface area contributed by atoms with Gasteiger partial charge in [0.15, 0.2) is 0 Å². The number of sulfonamides is 1. The Bertz CT molecular complexity index is 416. The summed E-state index contributed by atoms with van der Waals surface area (Å²) in [6.45, 7) is 0.121. The molecule has 1 aromatic carbocycles. The first-order chi connectivity index (χ1) is 6.20. The topological polar surface area (TPSA) is 67.4 Å². The molecule has 1 aliphatic heterocycles. The summed E-state index contributed by atoms with van der Waals surface area (Å²) in [6.07, 6.45) is 0. The average Bonchev–Trinajstić information content (AvgIpc) is 2.26. The Labute approximate surface area is 75.7 Å². The second kappa shape index (κ2) is 2.99. The summed E-state index contributed by atoms with van der Waals surface area (Å²) in [5.41, 5.74) is 0.549. The van der Waals surface area contributed by atoms with Crippen LogP contribution in [-0.2, 0) is 14.9 Å². The number of anilines is 1. The van der Waals surface area contributed by atoms with E-state index in [4.69, 9.17) is 0 Å². The molecule has 5 nitrogen and oxygen atoms in total. The second-order valence-corrected chi connectivity index (χ2v) is 4.16. The number of hydrogen-bond donors (Lipinski definition) is 2. The van der Waals surface area contributed by atoms with Crippen molar-refractivity contribution >= 4 is 15.7 Å². The third-order valence-corrected chi connectivity index (χ3v) is 2.95. The van der Waals surface area contributed by atoms with Crippen LogP contribution in [-0.4, -0.2) is 15.1 Å². The van der Waals surface area contributed by atoms with E-state index in [0.29, 0.717) is 5.69 Å². The minimum absolute atomic E-state index is 0.121. The van der Waals surface area contributed by atoms with E-state index in [9.17, 15) is 8.42 Å². The summed E-state index contributed by atoms with van der Waals surface area (Å²) >= 11 is 0. The first-order valence-electron chi connectivity index (χ1n) is 3.67. The SMILES string of the molecule is O=S1(=O)NOCNc2ccccc21. The zero-order valence-corrected chi connectivity index (χ0v) is 7.47. The van der Waals surface area contributed by atoms with Crippen LogP contribution < -0.4 is 10.2 Å². The molecule has 2 N–H and O–H groups in total. The molecule has 0 radical (unpaired) electrons. The van der Waals surface area contributed by atoms with E-state index in [0.717, 1.165) is 0 Å². The molecule has 0 spiro atoms. The number of nitrogens with one attached hydrogen (secondary N) is 2. The predicted octanol–water partition coefficient (Wildman–Crippen LogP) is 0.279. The molecule has 0 atom stereocenters. The number of benzene rings is 1. The lowest BCUT2D eigenvalue weighted by atomic mass is 10.3. The van der Waals surface area contributed by atoms with Gasteiger partial charge in [0.25, 0.3) is 10.0 Å². The van der Waals surface area contributed by atoms with Crippen molar-refractivity contribution in [1.29, 1.82) is 0 Å². The highest BCUT2D eigenvalue weighted by atomic mass is 32.2. The lowest BCUT2D eigenvalue weighted by Crippen LogP contribution is -2.22. The lowest BCUT2D eigenvalue weighted by molar-refractivity contribution is 0.112. The lowest BCUT2D eigenvalue weighted by Gasteiger charge is -2.03.